The highest BCUT2D eigenvalue weighted by molar-refractivity contribution is 5.98. The molecular weight excluding hydrogens is 430 g/mol. The van der Waals surface area contributed by atoms with Crippen molar-refractivity contribution in [3.63, 3.8) is 0 Å². The summed E-state index contributed by atoms with van der Waals surface area (Å²) in [5, 5.41) is 4.13. The van der Waals surface area contributed by atoms with E-state index in [1.165, 1.54) is 5.56 Å². The van der Waals surface area contributed by atoms with Crippen LogP contribution in [0.4, 0.5) is 5.69 Å². The number of piperazine rings is 1. The lowest BCUT2D eigenvalue weighted by Crippen LogP contribution is -2.55. The van der Waals surface area contributed by atoms with Crippen molar-refractivity contribution < 1.29 is 14.1 Å². The van der Waals surface area contributed by atoms with Crippen LogP contribution in [0.3, 0.4) is 0 Å². The first-order valence-corrected chi connectivity index (χ1v) is 11.9. The summed E-state index contributed by atoms with van der Waals surface area (Å²) in [6.45, 7) is 6.83. The Labute approximate surface area is 200 Å². The second-order valence-electron chi connectivity index (χ2n) is 8.95. The van der Waals surface area contributed by atoms with E-state index in [1.807, 2.05) is 42.2 Å². The minimum atomic E-state index is -0.140. The van der Waals surface area contributed by atoms with Gasteiger partial charge in [0.15, 0.2) is 0 Å². The van der Waals surface area contributed by atoms with Crippen molar-refractivity contribution in [1.29, 1.82) is 0 Å². The Kier molecular flexibility index (Phi) is 6.60. The van der Waals surface area contributed by atoms with Crippen LogP contribution in [0.25, 0.3) is 11.4 Å². The third-order valence-electron chi connectivity index (χ3n) is 6.86. The molecule has 1 saturated heterocycles. The highest BCUT2D eigenvalue weighted by Crippen LogP contribution is 2.28. The van der Waals surface area contributed by atoms with Crippen molar-refractivity contribution in [2.75, 3.05) is 44.7 Å². The number of aromatic nitrogens is 2. The number of aryl methyl sites for hydroxylation is 1. The van der Waals surface area contributed by atoms with E-state index < -0.39 is 0 Å². The van der Waals surface area contributed by atoms with Crippen molar-refractivity contribution in [3.8, 4) is 17.1 Å². The first-order valence-electron chi connectivity index (χ1n) is 11.9. The van der Waals surface area contributed by atoms with Crippen LogP contribution in [0.2, 0.25) is 0 Å². The van der Waals surface area contributed by atoms with Crippen LogP contribution >= 0.6 is 0 Å². The highest BCUT2D eigenvalue weighted by atomic mass is 16.5. The molecule has 1 amide bonds. The molecule has 2 aliphatic rings. The van der Waals surface area contributed by atoms with Crippen LogP contribution in [0.5, 0.6) is 5.75 Å². The molecule has 2 aliphatic heterocycles. The summed E-state index contributed by atoms with van der Waals surface area (Å²) in [6.07, 6.45) is 2.06. The fourth-order valence-corrected chi connectivity index (χ4v) is 4.82. The van der Waals surface area contributed by atoms with Gasteiger partial charge in [-0.15, -0.1) is 0 Å². The molecule has 1 fully saturated rings. The number of nitrogens with zero attached hydrogens (tertiary/aromatic N) is 5. The smallest absolute Gasteiger partial charge is 0.244 e. The number of methoxy groups -OCH3 is 1. The first-order chi connectivity index (χ1) is 16.6. The minimum Gasteiger partial charge on any atom is -0.497 e. The molecule has 0 saturated carbocycles. The van der Waals surface area contributed by atoms with Gasteiger partial charge in [0, 0.05) is 44.0 Å². The van der Waals surface area contributed by atoms with Crippen LogP contribution in [-0.4, -0.2) is 71.7 Å². The molecule has 3 heterocycles. The van der Waals surface area contributed by atoms with E-state index >= 15 is 0 Å². The second-order valence-corrected chi connectivity index (χ2v) is 8.95. The summed E-state index contributed by atoms with van der Waals surface area (Å²) >= 11 is 0. The molecule has 0 aliphatic carbocycles. The SMILES string of the molecule is COc1ccc(-c2noc(CN3CCN(C(C)C(=O)N4CCCc5ccccc54)CC3)n2)cc1. The van der Waals surface area contributed by atoms with Crippen molar-refractivity contribution in [2.45, 2.75) is 32.4 Å². The highest BCUT2D eigenvalue weighted by Gasteiger charge is 2.31. The molecule has 34 heavy (non-hydrogen) atoms. The van der Waals surface area contributed by atoms with Crippen LogP contribution in [0, 0.1) is 0 Å². The first kappa shape index (κ1) is 22.6. The fraction of sp³-hybridized carbons (Fsp3) is 0.423. The fourth-order valence-electron chi connectivity index (χ4n) is 4.82. The van der Waals surface area contributed by atoms with E-state index in [4.69, 9.17) is 9.26 Å². The van der Waals surface area contributed by atoms with E-state index in [-0.39, 0.29) is 11.9 Å². The summed E-state index contributed by atoms with van der Waals surface area (Å²) in [5.74, 6) is 2.18. The van der Waals surface area contributed by atoms with Gasteiger partial charge in [0.2, 0.25) is 17.6 Å². The van der Waals surface area contributed by atoms with E-state index in [9.17, 15) is 4.79 Å². The van der Waals surface area contributed by atoms with Crippen LogP contribution in [-0.2, 0) is 17.8 Å². The lowest BCUT2D eigenvalue weighted by Gasteiger charge is -2.39. The number of hydrogen-bond donors (Lipinski definition) is 0. The summed E-state index contributed by atoms with van der Waals surface area (Å²) in [7, 11) is 1.64. The Balaban J connectivity index is 1.15. The Morgan fingerprint density at radius 1 is 1.06 bits per heavy atom. The average Bonchev–Trinajstić information content (AvgIpc) is 3.36. The topological polar surface area (TPSA) is 74.9 Å². The van der Waals surface area contributed by atoms with Gasteiger partial charge in [-0.25, -0.2) is 0 Å². The zero-order chi connectivity index (χ0) is 23.5. The Morgan fingerprint density at radius 2 is 1.82 bits per heavy atom. The lowest BCUT2D eigenvalue weighted by atomic mass is 10.0. The zero-order valence-corrected chi connectivity index (χ0v) is 19.8. The molecule has 0 N–H and O–H groups in total. The van der Waals surface area contributed by atoms with Crippen LogP contribution in [0.15, 0.2) is 53.1 Å². The summed E-state index contributed by atoms with van der Waals surface area (Å²) < 4.78 is 10.7. The second kappa shape index (κ2) is 9.95. The summed E-state index contributed by atoms with van der Waals surface area (Å²) in [5.41, 5.74) is 3.24. The maximum absolute atomic E-state index is 13.3. The number of amides is 1. The molecule has 3 aromatic rings. The molecule has 8 heteroatoms. The minimum absolute atomic E-state index is 0.140. The quantitative estimate of drug-likeness (QED) is 0.558. The zero-order valence-electron chi connectivity index (χ0n) is 19.8. The maximum atomic E-state index is 13.3. The molecule has 2 aromatic carbocycles. The number of hydrogen-bond acceptors (Lipinski definition) is 7. The van der Waals surface area contributed by atoms with Crippen molar-refractivity contribution in [2.24, 2.45) is 0 Å². The number of rotatable bonds is 6. The van der Waals surface area contributed by atoms with Gasteiger partial charge >= 0.3 is 0 Å². The number of benzene rings is 2. The molecule has 1 unspecified atom stereocenters. The third-order valence-corrected chi connectivity index (χ3v) is 6.86. The predicted molar refractivity (Wildman–Crippen MR) is 130 cm³/mol. The van der Waals surface area contributed by atoms with Gasteiger partial charge in [-0.2, -0.15) is 4.98 Å². The molecular formula is C26H31N5O3. The largest absolute Gasteiger partial charge is 0.497 e. The van der Waals surface area contributed by atoms with Gasteiger partial charge < -0.3 is 14.2 Å². The normalized spacial score (nSPS) is 17.9. The standard InChI is InChI=1S/C26H31N5O3/c1-19(26(32)31-13-5-7-20-6-3-4-8-23(20)31)30-16-14-29(15-17-30)18-24-27-25(28-34-24)21-9-11-22(33-2)12-10-21/h3-4,6,8-12,19H,5,7,13-18H2,1-2H3. The molecule has 8 nitrogen and oxygen atoms in total. The molecule has 0 spiro atoms. The number of carbonyl (C=O) groups is 1. The third kappa shape index (κ3) is 4.69. The number of para-hydroxylation sites is 1. The van der Waals surface area contributed by atoms with Crippen molar-refractivity contribution in [3.05, 3.63) is 60.0 Å². The summed E-state index contributed by atoms with van der Waals surface area (Å²) in [4.78, 5) is 24.5. The Bertz CT molecular complexity index is 1120. The van der Waals surface area contributed by atoms with E-state index in [2.05, 4.69) is 38.1 Å². The summed E-state index contributed by atoms with van der Waals surface area (Å²) in [6, 6.07) is 15.8. The van der Waals surface area contributed by atoms with Crippen LogP contribution < -0.4 is 9.64 Å². The molecule has 1 aromatic heterocycles. The lowest BCUT2D eigenvalue weighted by molar-refractivity contribution is -0.124. The van der Waals surface area contributed by atoms with Gasteiger partial charge in [0.05, 0.1) is 19.7 Å². The van der Waals surface area contributed by atoms with E-state index in [0.717, 1.165) is 62.6 Å². The molecule has 178 valence electrons. The molecule has 0 radical (unpaired) electrons. The van der Waals surface area contributed by atoms with Gasteiger partial charge in [-0.05, 0) is 55.7 Å². The number of carbonyl (C=O) groups excluding carboxylic acids is 1. The van der Waals surface area contributed by atoms with Crippen molar-refractivity contribution in [1.82, 2.24) is 19.9 Å². The Hall–Kier alpha value is -3.23. The molecule has 5 rings (SSSR count). The van der Waals surface area contributed by atoms with Gasteiger partial charge in [-0.1, -0.05) is 23.4 Å². The van der Waals surface area contributed by atoms with E-state index in [1.54, 1.807) is 7.11 Å². The Morgan fingerprint density at radius 3 is 2.59 bits per heavy atom. The van der Waals surface area contributed by atoms with Crippen molar-refractivity contribution >= 4 is 11.6 Å². The van der Waals surface area contributed by atoms with Gasteiger partial charge in [0.1, 0.15) is 5.75 Å². The molecule has 1 atom stereocenters. The monoisotopic (exact) mass is 461 g/mol. The molecule has 0 bridgehead atoms. The maximum Gasteiger partial charge on any atom is 0.244 e. The average molecular weight is 462 g/mol. The van der Waals surface area contributed by atoms with Gasteiger partial charge in [-0.3, -0.25) is 14.6 Å². The number of anilines is 1. The number of fused-ring (bicyclic) bond motifs is 1. The van der Waals surface area contributed by atoms with Gasteiger partial charge in [0.25, 0.3) is 0 Å². The predicted octanol–water partition coefficient (Wildman–Crippen LogP) is 3.23. The van der Waals surface area contributed by atoms with Crippen LogP contribution in [0.1, 0.15) is 24.8 Å². The number of ether oxygens (including phenoxy) is 1. The van der Waals surface area contributed by atoms with E-state index in [0.29, 0.717) is 18.3 Å².